The van der Waals surface area contributed by atoms with Crippen molar-refractivity contribution in [3.8, 4) is 22.6 Å². The van der Waals surface area contributed by atoms with Crippen LogP contribution in [0.2, 0.25) is 0 Å². The SMILES string of the molecule is CCCCOC(=O)Nc1nc(-c2ccn3c(-c4cccc(CC(=O)CCC(F)(F)F)c4)cnc3c2)ncc1F. The van der Waals surface area contributed by atoms with E-state index in [9.17, 15) is 27.2 Å². The van der Waals surface area contributed by atoms with Crippen LogP contribution in [0.15, 0.2) is 55.0 Å². The monoisotopic (exact) mass is 543 g/mol. The van der Waals surface area contributed by atoms with Gasteiger partial charge in [0.25, 0.3) is 0 Å². The predicted octanol–water partition coefficient (Wildman–Crippen LogP) is 6.40. The topological polar surface area (TPSA) is 98.5 Å². The molecule has 0 saturated carbocycles. The molecule has 3 heterocycles. The number of ether oxygens (including phenoxy) is 1. The molecule has 8 nitrogen and oxygen atoms in total. The van der Waals surface area contributed by atoms with Crippen molar-refractivity contribution in [3.05, 3.63) is 66.4 Å². The summed E-state index contributed by atoms with van der Waals surface area (Å²) < 4.78 is 58.2. The summed E-state index contributed by atoms with van der Waals surface area (Å²) in [7, 11) is 0. The second kappa shape index (κ2) is 12.0. The molecule has 4 aromatic rings. The number of pyridine rings is 1. The highest BCUT2D eigenvalue weighted by Gasteiger charge is 2.27. The van der Waals surface area contributed by atoms with Crippen LogP contribution in [-0.2, 0) is 16.0 Å². The molecule has 0 fully saturated rings. The number of imidazole rings is 1. The van der Waals surface area contributed by atoms with Crippen molar-refractivity contribution < 1.29 is 31.9 Å². The Morgan fingerprint density at radius 2 is 1.90 bits per heavy atom. The number of aromatic nitrogens is 4. The maximum Gasteiger partial charge on any atom is 0.412 e. The van der Waals surface area contributed by atoms with Crippen LogP contribution in [0.1, 0.15) is 38.2 Å². The van der Waals surface area contributed by atoms with Crippen molar-refractivity contribution in [3.63, 3.8) is 0 Å². The lowest BCUT2D eigenvalue weighted by molar-refractivity contribution is -0.143. The number of ketones is 1. The van der Waals surface area contributed by atoms with Crippen molar-refractivity contribution in [1.82, 2.24) is 19.4 Å². The molecule has 0 aliphatic heterocycles. The first-order valence-corrected chi connectivity index (χ1v) is 12.2. The molecule has 0 bridgehead atoms. The molecule has 0 saturated heterocycles. The summed E-state index contributed by atoms with van der Waals surface area (Å²) in [5, 5.41) is 2.29. The summed E-state index contributed by atoms with van der Waals surface area (Å²) in [6.45, 7) is 2.15. The molecular weight excluding hydrogens is 518 g/mol. The number of fused-ring (bicyclic) bond motifs is 1. The number of anilines is 1. The van der Waals surface area contributed by atoms with Crippen LogP contribution in [0.5, 0.6) is 0 Å². The Balaban J connectivity index is 1.52. The van der Waals surface area contributed by atoms with E-state index in [-0.39, 0.29) is 24.7 Å². The van der Waals surface area contributed by atoms with Crippen molar-refractivity contribution in [2.75, 3.05) is 11.9 Å². The Kier molecular flexibility index (Phi) is 8.52. The maximum atomic E-state index is 14.2. The van der Waals surface area contributed by atoms with Gasteiger partial charge < -0.3 is 4.74 Å². The first-order valence-electron chi connectivity index (χ1n) is 12.2. The highest BCUT2D eigenvalue weighted by atomic mass is 19.4. The zero-order chi connectivity index (χ0) is 28.0. The fourth-order valence-electron chi connectivity index (χ4n) is 3.81. The molecule has 204 valence electrons. The van der Waals surface area contributed by atoms with Crippen molar-refractivity contribution in [1.29, 1.82) is 0 Å². The normalized spacial score (nSPS) is 11.5. The van der Waals surface area contributed by atoms with E-state index in [1.54, 1.807) is 47.1 Å². The number of halogens is 4. The minimum Gasteiger partial charge on any atom is -0.449 e. The number of carbonyl (C=O) groups is 2. The van der Waals surface area contributed by atoms with E-state index < -0.39 is 36.7 Å². The van der Waals surface area contributed by atoms with Gasteiger partial charge in [-0.2, -0.15) is 13.2 Å². The van der Waals surface area contributed by atoms with Gasteiger partial charge >= 0.3 is 12.3 Å². The zero-order valence-corrected chi connectivity index (χ0v) is 21.0. The third-order valence-electron chi connectivity index (χ3n) is 5.78. The summed E-state index contributed by atoms with van der Waals surface area (Å²) in [4.78, 5) is 36.5. The molecular formula is C27H25F4N5O3. The van der Waals surface area contributed by atoms with Crippen LogP contribution in [0, 0.1) is 5.82 Å². The van der Waals surface area contributed by atoms with Gasteiger partial charge in [-0.05, 0) is 30.2 Å². The molecule has 0 radical (unpaired) electrons. The van der Waals surface area contributed by atoms with E-state index in [0.717, 1.165) is 18.2 Å². The number of carbonyl (C=O) groups excluding carboxylic acids is 2. The van der Waals surface area contributed by atoms with Crippen LogP contribution >= 0.6 is 0 Å². The Hall–Kier alpha value is -4.35. The van der Waals surface area contributed by atoms with E-state index in [1.165, 1.54) is 0 Å². The minimum absolute atomic E-state index is 0.102. The fourth-order valence-corrected chi connectivity index (χ4v) is 3.81. The Morgan fingerprint density at radius 1 is 1.08 bits per heavy atom. The van der Waals surface area contributed by atoms with Gasteiger partial charge in [0, 0.05) is 30.2 Å². The number of alkyl halides is 3. The number of Topliss-reactive ketones (excluding diaryl/α,β-unsaturated/α-hetero) is 1. The van der Waals surface area contributed by atoms with Gasteiger partial charge in [-0.25, -0.2) is 24.1 Å². The van der Waals surface area contributed by atoms with Gasteiger partial charge in [0.15, 0.2) is 17.5 Å². The van der Waals surface area contributed by atoms with Gasteiger partial charge in [0.2, 0.25) is 0 Å². The zero-order valence-electron chi connectivity index (χ0n) is 21.0. The number of nitrogens with one attached hydrogen (secondary N) is 1. The van der Waals surface area contributed by atoms with E-state index in [4.69, 9.17) is 4.74 Å². The van der Waals surface area contributed by atoms with Crippen molar-refractivity contribution >= 4 is 23.3 Å². The van der Waals surface area contributed by atoms with Gasteiger partial charge in [-0.3, -0.25) is 14.5 Å². The van der Waals surface area contributed by atoms with Crippen LogP contribution < -0.4 is 5.32 Å². The van der Waals surface area contributed by atoms with E-state index >= 15 is 0 Å². The smallest absolute Gasteiger partial charge is 0.412 e. The van der Waals surface area contributed by atoms with Crippen LogP contribution in [0.4, 0.5) is 28.2 Å². The van der Waals surface area contributed by atoms with Crippen LogP contribution in [-0.4, -0.2) is 44.0 Å². The van der Waals surface area contributed by atoms with Crippen LogP contribution in [0.25, 0.3) is 28.3 Å². The molecule has 0 atom stereocenters. The standard InChI is InChI=1S/C27H25F4N5O3/c1-2-3-11-39-26(38)35-25-21(28)15-33-24(34-25)19-8-10-36-22(16-32-23(36)14-19)18-6-4-5-17(12-18)13-20(37)7-9-27(29,30)31/h4-6,8,10,12,14-16H,2-3,7,9,11,13H2,1H3,(H,33,34,35,38). The lowest BCUT2D eigenvalue weighted by atomic mass is 10.0. The van der Waals surface area contributed by atoms with Crippen LogP contribution in [0.3, 0.4) is 0 Å². The Bertz CT molecular complexity index is 1490. The number of unbranched alkanes of at least 4 members (excludes halogenated alkanes) is 1. The van der Waals surface area contributed by atoms with E-state index in [0.29, 0.717) is 28.9 Å². The Labute approximate surface area is 221 Å². The minimum atomic E-state index is -4.37. The van der Waals surface area contributed by atoms with Crippen molar-refractivity contribution in [2.24, 2.45) is 0 Å². The Morgan fingerprint density at radius 3 is 2.67 bits per heavy atom. The van der Waals surface area contributed by atoms with E-state index in [1.807, 2.05) is 13.0 Å². The second-order valence-electron chi connectivity index (χ2n) is 8.82. The third-order valence-corrected chi connectivity index (χ3v) is 5.78. The molecule has 12 heteroatoms. The molecule has 4 rings (SSSR count). The molecule has 1 amide bonds. The molecule has 39 heavy (non-hydrogen) atoms. The molecule has 0 aliphatic rings. The van der Waals surface area contributed by atoms with Gasteiger partial charge in [0.05, 0.1) is 31.1 Å². The first-order chi connectivity index (χ1) is 18.6. The summed E-state index contributed by atoms with van der Waals surface area (Å²) in [5.41, 5.74) is 3.06. The molecule has 0 aliphatic carbocycles. The first kappa shape index (κ1) is 27.7. The average molecular weight is 544 g/mol. The summed E-state index contributed by atoms with van der Waals surface area (Å²) >= 11 is 0. The number of nitrogens with zero attached hydrogens (tertiary/aromatic N) is 4. The number of hydrogen-bond donors (Lipinski definition) is 1. The molecule has 3 aromatic heterocycles. The van der Waals surface area contributed by atoms with Gasteiger partial charge in [0.1, 0.15) is 11.4 Å². The lowest BCUT2D eigenvalue weighted by Crippen LogP contribution is -2.16. The quantitative estimate of drug-likeness (QED) is 0.184. The number of rotatable bonds is 10. The summed E-state index contributed by atoms with van der Waals surface area (Å²) in [6.07, 6.45) is -1.18. The largest absolute Gasteiger partial charge is 0.449 e. The second-order valence-corrected chi connectivity index (χ2v) is 8.82. The molecule has 1 aromatic carbocycles. The molecule has 0 spiro atoms. The predicted molar refractivity (Wildman–Crippen MR) is 135 cm³/mol. The summed E-state index contributed by atoms with van der Waals surface area (Å²) in [5.74, 6) is -1.46. The van der Waals surface area contributed by atoms with Crippen molar-refractivity contribution in [2.45, 2.75) is 45.2 Å². The number of hydrogen-bond acceptors (Lipinski definition) is 6. The highest BCUT2D eigenvalue weighted by Crippen LogP contribution is 2.26. The summed E-state index contributed by atoms with van der Waals surface area (Å²) in [6, 6.07) is 10.3. The van der Waals surface area contributed by atoms with E-state index in [2.05, 4.69) is 20.3 Å². The number of amides is 1. The average Bonchev–Trinajstić information content (AvgIpc) is 3.32. The molecule has 1 N–H and O–H groups in total. The van der Waals surface area contributed by atoms with Gasteiger partial charge in [-0.15, -0.1) is 0 Å². The van der Waals surface area contributed by atoms with Gasteiger partial charge in [-0.1, -0.05) is 31.5 Å². The lowest BCUT2D eigenvalue weighted by Gasteiger charge is -2.09. The highest BCUT2D eigenvalue weighted by molar-refractivity contribution is 5.84. The molecule has 0 unspecified atom stereocenters. The maximum absolute atomic E-state index is 14.2. The number of benzene rings is 1. The fraction of sp³-hybridized carbons (Fsp3) is 0.296. The third kappa shape index (κ3) is 7.37.